The van der Waals surface area contributed by atoms with E-state index < -0.39 is 0 Å². The van der Waals surface area contributed by atoms with Crippen molar-refractivity contribution in [2.45, 2.75) is 32.6 Å². The first-order chi connectivity index (χ1) is 8.36. The van der Waals surface area contributed by atoms with Crippen molar-refractivity contribution in [3.63, 3.8) is 0 Å². The molecule has 0 spiro atoms. The Morgan fingerprint density at radius 3 is 2.47 bits per heavy atom. The van der Waals surface area contributed by atoms with E-state index in [9.17, 15) is 0 Å². The molecule has 1 aliphatic rings. The fourth-order valence-electron chi connectivity index (χ4n) is 2.36. The van der Waals surface area contributed by atoms with E-state index in [1.807, 2.05) is 6.07 Å². The monoisotopic (exact) mass is 233 g/mol. The van der Waals surface area contributed by atoms with Gasteiger partial charge in [0, 0.05) is 6.54 Å². The predicted molar refractivity (Wildman–Crippen MR) is 71.6 cm³/mol. The van der Waals surface area contributed by atoms with Gasteiger partial charge in [-0.3, -0.25) is 4.90 Å². The molecule has 2 heteroatoms. The lowest BCUT2D eigenvalue weighted by Gasteiger charge is -2.20. The molecule has 0 radical (unpaired) electrons. The van der Waals surface area contributed by atoms with E-state index in [2.05, 4.69) is 30.0 Å². The molecule has 1 aromatic carbocycles. The van der Waals surface area contributed by atoms with Gasteiger partial charge in [0.15, 0.2) is 0 Å². The second-order valence-corrected chi connectivity index (χ2v) is 4.87. The normalized spacial score (nSPS) is 17.7. The molecule has 0 unspecified atom stereocenters. The molecule has 0 aliphatic carbocycles. The van der Waals surface area contributed by atoms with Crippen LogP contribution >= 0.6 is 0 Å². The van der Waals surface area contributed by atoms with Crippen LogP contribution in [-0.2, 0) is 0 Å². The highest BCUT2D eigenvalue weighted by Gasteiger charge is 2.08. The Bertz CT molecular complexity index is 329. The van der Waals surface area contributed by atoms with Crippen molar-refractivity contribution in [1.29, 1.82) is 0 Å². The minimum Gasteiger partial charge on any atom is -0.492 e. The van der Waals surface area contributed by atoms with E-state index in [1.54, 1.807) is 0 Å². The van der Waals surface area contributed by atoms with Crippen LogP contribution in [0.1, 0.15) is 31.2 Å². The Morgan fingerprint density at radius 2 is 1.76 bits per heavy atom. The Morgan fingerprint density at radius 1 is 1.06 bits per heavy atom. The molecule has 17 heavy (non-hydrogen) atoms. The van der Waals surface area contributed by atoms with Gasteiger partial charge in [-0.15, -0.1) is 0 Å². The van der Waals surface area contributed by atoms with Gasteiger partial charge in [0.25, 0.3) is 0 Å². The standard InChI is InChI=1S/C15H23NO/c1-14-8-4-5-9-15(14)17-13-12-16-10-6-2-3-7-11-16/h4-5,8-9H,2-3,6-7,10-13H2,1H3. The molecule has 2 nitrogen and oxygen atoms in total. The van der Waals surface area contributed by atoms with E-state index in [-0.39, 0.29) is 0 Å². The number of likely N-dealkylation sites (tertiary alicyclic amines) is 1. The molecule has 0 saturated carbocycles. The van der Waals surface area contributed by atoms with E-state index in [0.29, 0.717) is 0 Å². The summed E-state index contributed by atoms with van der Waals surface area (Å²) in [6.45, 7) is 6.47. The summed E-state index contributed by atoms with van der Waals surface area (Å²) in [5.41, 5.74) is 1.23. The molecule has 0 aromatic heterocycles. The Labute approximate surface area is 105 Å². The van der Waals surface area contributed by atoms with Gasteiger partial charge in [-0.25, -0.2) is 0 Å². The number of aryl methyl sites for hydroxylation is 1. The van der Waals surface area contributed by atoms with Crippen molar-refractivity contribution in [1.82, 2.24) is 4.90 Å². The highest BCUT2D eigenvalue weighted by atomic mass is 16.5. The minimum atomic E-state index is 0.810. The average molecular weight is 233 g/mol. The molecule has 94 valence electrons. The Hall–Kier alpha value is -1.02. The smallest absolute Gasteiger partial charge is 0.122 e. The van der Waals surface area contributed by atoms with Gasteiger partial charge >= 0.3 is 0 Å². The molecule has 1 fully saturated rings. The first-order valence-corrected chi connectivity index (χ1v) is 6.77. The fraction of sp³-hybridized carbons (Fsp3) is 0.600. The molecule has 1 aromatic rings. The van der Waals surface area contributed by atoms with E-state index in [0.717, 1.165) is 18.9 Å². The number of hydrogen-bond acceptors (Lipinski definition) is 2. The summed E-state index contributed by atoms with van der Waals surface area (Å²) in [4.78, 5) is 2.53. The lowest BCUT2D eigenvalue weighted by atomic mass is 10.2. The molecule has 0 bridgehead atoms. The van der Waals surface area contributed by atoms with Crippen molar-refractivity contribution in [2.24, 2.45) is 0 Å². The summed E-state index contributed by atoms with van der Waals surface area (Å²) in [6.07, 6.45) is 5.50. The fourth-order valence-corrected chi connectivity index (χ4v) is 2.36. The van der Waals surface area contributed by atoms with E-state index in [4.69, 9.17) is 4.74 Å². The van der Waals surface area contributed by atoms with Gasteiger partial charge in [0.05, 0.1) is 0 Å². The zero-order chi connectivity index (χ0) is 11.9. The van der Waals surface area contributed by atoms with Crippen LogP contribution < -0.4 is 4.74 Å². The van der Waals surface area contributed by atoms with Gasteiger partial charge in [-0.1, -0.05) is 31.0 Å². The zero-order valence-electron chi connectivity index (χ0n) is 10.8. The van der Waals surface area contributed by atoms with Gasteiger partial charge in [-0.05, 0) is 44.5 Å². The maximum Gasteiger partial charge on any atom is 0.122 e. The van der Waals surface area contributed by atoms with Gasteiger partial charge in [-0.2, -0.15) is 0 Å². The van der Waals surface area contributed by atoms with Gasteiger partial charge in [0.1, 0.15) is 12.4 Å². The Kier molecular flexibility index (Phi) is 4.87. The topological polar surface area (TPSA) is 12.5 Å². The highest BCUT2D eigenvalue weighted by molar-refractivity contribution is 5.31. The van der Waals surface area contributed by atoms with Gasteiger partial charge in [0.2, 0.25) is 0 Å². The summed E-state index contributed by atoms with van der Waals surface area (Å²) >= 11 is 0. The molecule has 1 aliphatic heterocycles. The van der Waals surface area contributed by atoms with Crippen LogP contribution in [0.5, 0.6) is 5.75 Å². The van der Waals surface area contributed by atoms with Crippen LogP contribution in [0.15, 0.2) is 24.3 Å². The summed E-state index contributed by atoms with van der Waals surface area (Å²) in [7, 11) is 0. The summed E-state index contributed by atoms with van der Waals surface area (Å²) in [5, 5.41) is 0. The van der Waals surface area contributed by atoms with Crippen LogP contribution in [0.25, 0.3) is 0 Å². The number of rotatable bonds is 4. The Balaban J connectivity index is 1.73. The molecule has 1 heterocycles. The molecular formula is C15H23NO. The molecule has 1 saturated heterocycles. The highest BCUT2D eigenvalue weighted by Crippen LogP contribution is 2.16. The SMILES string of the molecule is Cc1ccccc1OCCN1CCCCCC1. The number of ether oxygens (including phenoxy) is 1. The third kappa shape index (κ3) is 4.04. The van der Waals surface area contributed by atoms with E-state index >= 15 is 0 Å². The van der Waals surface area contributed by atoms with Crippen LogP contribution in [-0.4, -0.2) is 31.1 Å². The van der Waals surface area contributed by atoms with Crippen molar-refractivity contribution in [2.75, 3.05) is 26.2 Å². The lowest BCUT2D eigenvalue weighted by Crippen LogP contribution is -2.29. The summed E-state index contributed by atoms with van der Waals surface area (Å²) in [6, 6.07) is 8.24. The van der Waals surface area contributed by atoms with Crippen LogP contribution in [0.2, 0.25) is 0 Å². The van der Waals surface area contributed by atoms with Crippen molar-refractivity contribution < 1.29 is 4.74 Å². The molecule has 0 amide bonds. The second-order valence-electron chi connectivity index (χ2n) is 4.87. The maximum atomic E-state index is 5.84. The van der Waals surface area contributed by atoms with Crippen LogP contribution in [0, 0.1) is 6.92 Å². The zero-order valence-corrected chi connectivity index (χ0v) is 10.8. The van der Waals surface area contributed by atoms with Crippen LogP contribution in [0.3, 0.4) is 0 Å². The van der Waals surface area contributed by atoms with Crippen molar-refractivity contribution >= 4 is 0 Å². The summed E-state index contributed by atoms with van der Waals surface area (Å²) in [5.74, 6) is 1.03. The molecule has 0 N–H and O–H groups in total. The second kappa shape index (κ2) is 6.65. The molecule has 2 rings (SSSR count). The average Bonchev–Trinajstić information content (AvgIpc) is 2.60. The first-order valence-electron chi connectivity index (χ1n) is 6.77. The summed E-state index contributed by atoms with van der Waals surface area (Å²) < 4.78 is 5.84. The number of benzene rings is 1. The third-order valence-corrected chi connectivity index (χ3v) is 3.46. The van der Waals surface area contributed by atoms with E-state index in [1.165, 1.54) is 44.3 Å². The van der Waals surface area contributed by atoms with Crippen molar-refractivity contribution in [3.05, 3.63) is 29.8 Å². The number of para-hydroxylation sites is 1. The number of nitrogens with zero attached hydrogens (tertiary/aromatic N) is 1. The van der Waals surface area contributed by atoms with Crippen LogP contribution in [0.4, 0.5) is 0 Å². The van der Waals surface area contributed by atoms with Crippen molar-refractivity contribution in [3.8, 4) is 5.75 Å². The van der Waals surface area contributed by atoms with Gasteiger partial charge < -0.3 is 4.74 Å². The first kappa shape index (κ1) is 12.4. The quantitative estimate of drug-likeness (QED) is 0.791. The maximum absolute atomic E-state index is 5.84. The molecular weight excluding hydrogens is 210 g/mol. The largest absolute Gasteiger partial charge is 0.492 e. The number of hydrogen-bond donors (Lipinski definition) is 0. The third-order valence-electron chi connectivity index (χ3n) is 3.46. The lowest BCUT2D eigenvalue weighted by molar-refractivity contribution is 0.213. The predicted octanol–water partition coefficient (Wildman–Crippen LogP) is 3.25. The minimum absolute atomic E-state index is 0.810. The molecule has 0 atom stereocenters.